The second-order valence-electron chi connectivity index (χ2n) is 10.9. The molecule has 40 heavy (non-hydrogen) atoms. The Kier molecular flexibility index (Phi) is 6.52. The average Bonchev–Trinajstić information content (AvgIpc) is 3.31. The molecule has 2 aromatic heterocycles. The van der Waals surface area contributed by atoms with E-state index in [0.29, 0.717) is 36.0 Å². The summed E-state index contributed by atoms with van der Waals surface area (Å²) in [6.45, 7) is 5.39. The third kappa shape index (κ3) is 4.49. The van der Waals surface area contributed by atoms with Crippen molar-refractivity contribution in [3.63, 3.8) is 0 Å². The van der Waals surface area contributed by atoms with Crippen LogP contribution in [0.3, 0.4) is 0 Å². The Morgan fingerprint density at radius 1 is 1.10 bits per heavy atom. The predicted molar refractivity (Wildman–Crippen MR) is 157 cm³/mol. The summed E-state index contributed by atoms with van der Waals surface area (Å²) in [7, 11) is -4.88. The zero-order chi connectivity index (χ0) is 28.2. The molecule has 0 saturated carbocycles. The first kappa shape index (κ1) is 26.3. The van der Waals surface area contributed by atoms with Crippen molar-refractivity contribution in [2.75, 3.05) is 13.2 Å². The molecular formula is C32H29FN2O4S. The lowest BCUT2D eigenvalue weighted by Gasteiger charge is -2.28. The summed E-state index contributed by atoms with van der Waals surface area (Å²) in [5.41, 5.74) is 5.15. The van der Waals surface area contributed by atoms with Crippen LogP contribution in [0, 0.1) is 18.3 Å². The van der Waals surface area contributed by atoms with Crippen LogP contribution in [0.1, 0.15) is 43.9 Å². The monoisotopic (exact) mass is 556 g/mol. The number of hydrogen-bond donors (Lipinski definition) is 1. The molecule has 0 bridgehead atoms. The molecule has 0 amide bonds. The summed E-state index contributed by atoms with van der Waals surface area (Å²) < 4.78 is 45.3. The maximum Gasteiger partial charge on any atom is 0.332 e. The van der Waals surface area contributed by atoms with Gasteiger partial charge in [0.25, 0.3) is 0 Å². The first-order chi connectivity index (χ1) is 19.2. The van der Waals surface area contributed by atoms with Crippen molar-refractivity contribution >= 4 is 43.1 Å². The van der Waals surface area contributed by atoms with E-state index in [1.807, 2.05) is 30.3 Å². The molecule has 1 aliphatic heterocycles. The topological polar surface area (TPSA) is 81.2 Å². The third-order valence-corrected chi connectivity index (χ3v) is 8.57. The van der Waals surface area contributed by atoms with E-state index >= 15 is 0 Å². The van der Waals surface area contributed by atoms with Gasteiger partial charge in [-0.3, -0.25) is 4.79 Å². The lowest BCUT2D eigenvalue weighted by Crippen LogP contribution is -2.23. The van der Waals surface area contributed by atoms with E-state index in [1.165, 1.54) is 12.1 Å². The molecule has 0 spiro atoms. The highest BCUT2D eigenvalue weighted by Gasteiger charge is 2.25. The van der Waals surface area contributed by atoms with Gasteiger partial charge in [0.1, 0.15) is 5.65 Å². The number of rotatable bonds is 5. The second-order valence-corrected chi connectivity index (χ2v) is 12.2. The SMILES string of the molecule is C#Cc1ccc2c(c1)[nH]c1c2c(=O)c2cc(CC(C)C)c(-c3cccc(S(=O)(=O)F)c3)cc2n1C1CCOCC1. The van der Waals surface area contributed by atoms with Crippen LogP contribution in [0.25, 0.3) is 44.0 Å². The van der Waals surface area contributed by atoms with Crippen molar-refractivity contribution in [3.8, 4) is 23.5 Å². The number of aromatic nitrogens is 2. The molecule has 1 N–H and O–H groups in total. The van der Waals surface area contributed by atoms with Gasteiger partial charge in [0.05, 0.1) is 15.8 Å². The Hall–Kier alpha value is -3.93. The molecule has 0 radical (unpaired) electrons. The number of hydrogen-bond acceptors (Lipinski definition) is 4. The van der Waals surface area contributed by atoms with Gasteiger partial charge in [-0.15, -0.1) is 10.3 Å². The van der Waals surface area contributed by atoms with Crippen LogP contribution in [-0.4, -0.2) is 31.2 Å². The molecule has 0 atom stereocenters. The molecule has 5 aromatic rings. The molecule has 1 aliphatic rings. The van der Waals surface area contributed by atoms with Gasteiger partial charge in [0, 0.05) is 41.1 Å². The van der Waals surface area contributed by atoms with E-state index in [4.69, 9.17) is 11.2 Å². The lowest BCUT2D eigenvalue weighted by atomic mass is 9.91. The van der Waals surface area contributed by atoms with Gasteiger partial charge in [0.2, 0.25) is 0 Å². The van der Waals surface area contributed by atoms with Gasteiger partial charge in [-0.1, -0.05) is 38.0 Å². The van der Waals surface area contributed by atoms with E-state index < -0.39 is 15.1 Å². The highest BCUT2D eigenvalue weighted by Crippen LogP contribution is 2.37. The Morgan fingerprint density at radius 2 is 1.88 bits per heavy atom. The number of nitrogens with zero attached hydrogens (tertiary/aromatic N) is 1. The van der Waals surface area contributed by atoms with Crippen molar-refractivity contribution in [1.82, 2.24) is 9.55 Å². The maximum absolute atomic E-state index is 14.2. The summed E-state index contributed by atoms with van der Waals surface area (Å²) in [6.07, 6.45) is 7.86. The normalized spacial score (nSPS) is 14.9. The van der Waals surface area contributed by atoms with Crippen molar-refractivity contribution in [3.05, 3.63) is 75.9 Å². The number of benzene rings is 3. The van der Waals surface area contributed by atoms with E-state index in [2.05, 4.69) is 29.3 Å². The maximum atomic E-state index is 14.2. The average molecular weight is 557 g/mol. The predicted octanol–water partition coefficient (Wildman–Crippen LogP) is 6.49. The van der Waals surface area contributed by atoms with E-state index in [0.717, 1.165) is 51.6 Å². The van der Waals surface area contributed by atoms with Gasteiger partial charge in [-0.2, -0.15) is 8.42 Å². The Labute approximate surface area is 232 Å². The number of halogens is 1. The van der Waals surface area contributed by atoms with Gasteiger partial charge < -0.3 is 14.3 Å². The smallest absolute Gasteiger partial charge is 0.332 e. The summed E-state index contributed by atoms with van der Waals surface area (Å²) >= 11 is 0. The van der Waals surface area contributed by atoms with Crippen LogP contribution >= 0.6 is 0 Å². The second kappa shape index (κ2) is 9.92. The van der Waals surface area contributed by atoms with Crippen LogP contribution in [0.15, 0.2) is 64.3 Å². The Balaban J connectivity index is 1.75. The van der Waals surface area contributed by atoms with Gasteiger partial charge >= 0.3 is 10.2 Å². The van der Waals surface area contributed by atoms with Crippen molar-refractivity contribution in [2.45, 2.75) is 44.0 Å². The standard InChI is InChI=1S/C32H29FN2O4S/c1-4-20-8-9-25-28(15-20)34-32-30(25)31(36)27-17-22(14-19(2)3)26(21-6-5-7-24(16-21)40(33,37)38)18-29(27)35(32)23-10-12-39-13-11-23/h1,5-9,15-19,23,34H,10-14H2,2-3H3. The van der Waals surface area contributed by atoms with Crippen molar-refractivity contribution < 1.29 is 17.0 Å². The summed E-state index contributed by atoms with van der Waals surface area (Å²) in [4.78, 5) is 17.3. The largest absolute Gasteiger partial charge is 0.381 e. The van der Waals surface area contributed by atoms with E-state index in [9.17, 15) is 17.1 Å². The molecule has 3 aromatic carbocycles. The minimum Gasteiger partial charge on any atom is -0.381 e. The molecule has 6 nitrogen and oxygen atoms in total. The minimum absolute atomic E-state index is 0.0702. The Bertz CT molecular complexity index is 2010. The number of aromatic amines is 1. The molecule has 1 fully saturated rings. The van der Waals surface area contributed by atoms with Crippen LogP contribution in [0.4, 0.5) is 3.89 Å². The number of pyridine rings is 1. The quantitative estimate of drug-likeness (QED) is 0.198. The van der Waals surface area contributed by atoms with Gasteiger partial charge in [0.15, 0.2) is 5.43 Å². The molecule has 3 heterocycles. The number of terminal acetylenes is 1. The van der Waals surface area contributed by atoms with Crippen molar-refractivity contribution in [2.24, 2.45) is 5.92 Å². The zero-order valence-electron chi connectivity index (χ0n) is 22.3. The first-order valence-corrected chi connectivity index (χ1v) is 14.8. The van der Waals surface area contributed by atoms with E-state index in [-0.39, 0.29) is 17.4 Å². The number of fused-ring (bicyclic) bond motifs is 4. The molecule has 0 unspecified atom stereocenters. The first-order valence-electron chi connectivity index (χ1n) is 13.4. The van der Waals surface area contributed by atoms with Crippen molar-refractivity contribution in [1.29, 1.82) is 0 Å². The number of nitrogens with one attached hydrogen (secondary N) is 1. The fourth-order valence-electron chi connectivity index (χ4n) is 5.97. The summed E-state index contributed by atoms with van der Waals surface area (Å²) in [6, 6.07) is 15.5. The van der Waals surface area contributed by atoms with Crippen LogP contribution < -0.4 is 5.43 Å². The molecule has 0 aliphatic carbocycles. The fourth-order valence-corrected chi connectivity index (χ4v) is 6.48. The highest BCUT2D eigenvalue weighted by atomic mass is 32.3. The molecule has 204 valence electrons. The van der Waals surface area contributed by atoms with Gasteiger partial charge in [-0.05, 0) is 78.3 Å². The fraction of sp³-hybridized carbons (Fsp3) is 0.281. The molecular weight excluding hydrogens is 527 g/mol. The summed E-state index contributed by atoms with van der Waals surface area (Å²) in [5, 5.41) is 2.03. The van der Waals surface area contributed by atoms with Crippen LogP contribution in [0.2, 0.25) is 0 Å². The van der Waals surface area contributed by atoms with Gasteiger partial charge in [-0.25, -0.2) is 0 Å². The van der Waals surface area contributed by atoms with Crippen LogP contribution in [0.5, 0.6) is 0 Å². The summed E-state index contributed by atoms with van der Waals surface area (Å²) in [5.74, 6) is 2.93. The Morgan fingerprint density at radius 3 is 2.58 bits per heavy atom. The number of ether oxygens (including phenoxy) is 1. The van der Waals surface area contributed by atoms with Crippen LogP contribution in [-0.2, 0) is 21.4 Å². The van der Waals surface area contributed by atoms with E-state index in [1.54, 1.807) is 12.1 Å². The lowest BCUT2D eigenvalue weighted by molar-refractivity contribution is 0.0715. The number of H-pyrrole nitrogens is 1. The molecule has 1 saturated heterocycles. The highest BCUT2D eigenvalue weighted by molar-refractivity contribution is 7.86. The minimum atomic E-state index is -4.88. The zero-order valence-corrected chi connectivity index (χ0v) is 23.1. The molecule has 8 heteroatoms. The third-order valence-electron chi connectivity index (χ3n) is 7.75. The molecule has 6 rings (SSSR count).